The topological polar surface area (TPSA) is 69.6 Å². The summed E-state index contributed by atoms with van der Waals surface area (Å²) in [6, 6.07) is 0. The molecule has 1 amide bonds. The molecule has 0 saturated heterocycles. The molecule has 1 atom stereocenters. The standard InChI is InChI=1S/C18H31NO3/c1-5-6-7-8-9-10-11-14(2)15(3)16(4)18(22)19-12-17(21)13-20/h9-11,17,20-21H,5-8,12-13H2,1-4H3,(H,19,22)/b10-9+,14-11+,16-15-. The first-order valence-electron chi connectivity index (χ1n) is 8.02. The Labute approximate surface area is 134 Å². The SMILES string of the molecule is CCCCC/C=C/C=C(C)/C(C)=C(/C)C(=O)NCC(O)CO. The second kappa shape index (κ2) is 12.2. The van der Waals surface area contributed by atoms with Gasteiger partial charge in [0, 0.05) is 12.1 Å². The van der Waals surface area contributed by atoms with Crippen LogP contribution in [0.15, 0.2) is 34.9 Å². The van der Waals surface area contributed by atoms with Crippen molar-refractivity contribution in [1.29, 1.82) is 0 Å². The third-order valence-electron chi connectivity index (χ3n) is 3.66. The van der Waals surface area contributed by atoms with Crippen molar-refractivity contribution in [1.82, 2.24) is 5.32 Å². The second-order valence-electron chi connectivity index (χ2n) is 5.57. The van der Waals surface area contributed by atoms with Gasteiger partial charge < -0.3 is 15.5 Å². The van der Waals surface area contributed by atoms with E-state index in [-0.39, 0.29) is 19.1 Å². The Morgan fingerprint density at radius 3 is 2.45 bits per heavy atom. The van der Waals surface area contributed by atoms with E-state index in [2.05, 4.69) is 18.3 Å². The lowest BCUT2D eigenvalue weighted by molar-refractivity contribution is -0.118. The van der Waals surface area contributed by atoms with Gasteiger partial charge >= 0.3 is 0 Å². The van der Waals surface area contributed by atoms with Crippen molar-refractivity contribution in [3.63, 3.8) is 0 Å². The van der Waals surface area contributed by atoms with E-state index in [1.807, 2.05) is 26.0 Å². The van der Waals surface area contributed by atoms with Gasteiger partial charge in [-0.2, -0.15) is 0 Å². The lowest BCUT2D eigenvalue weighted by atomic mass is 10.0. The fourth-order valence-electron chi connectivity index (χ4n) is 1.82. The maximum Gasteiger partial charge on any atom is 0.247 e. The number of aliphatic hydroxyl groups excluding tert-OH is 2. The quantitative estimate of drug-likeness (QED) is 0.330. The maximum atomic E-state index is 12.0. The zero-order chi connectivity index (χ0) is 17.0. The monoisotopic (exact) mass is 309 g/mol. The highest BCUT2D eigenvalue weighted by Gasteiger charge is 2.10. The van der Waals surface area contributed by atoms with Crippen LogP contribution >= 0.6 is 0 Å². The molecule has 0 aliphatic rings. The van der Waals surface area contributed by atoms with E-state index in [1.54, 1.807) is 6.92 Å². The first-order valence-corrected chi connectivity index (χ1v) is 8.02. The molecule has 0 saturated carbocycles. The Balaban J connectivity index is 4.54. The van der Waals surface area contributed by atoms with Crippen molar-refractivity contribution in [3.8, 4) is 0 Å². The van der Waals surface area contributed by atoms with Gasteiger partial charge in [-0.1, -0.05) is 38.0 Å². The summed E-state index contributed by atoms with van der Waals surface area (Å²) in [5, 5.41) is 20.6. The summed E-state index contributed by atoms with van der Waals surface area (Å²) in [6.45, 7) is 7.54. The first-order chi connectivity index (χ1) is 10.4. The summed E-state index contributed by atoms with van der Waals surface area (Å²) in [4.78, 5) is 12.0. The van der Waals surface area contributed by atoms with Crippen LogP contribution in [0.3, 0.4) is 0 Å². The Hall–Kier alpha value is -1.39. The third kappa shape index (κ3) is 8.80. The van der Waals surface area contributed by atoms with Crippen molar-refractivity contribution in [3.05, 3.63) is 34.9 Å². The number of carbonyl (C=O) groups is 1. The highest BCUT2D eigenvalue weighted by atomic mass is 16.3. The van der Waals surface area contributed by atoms with Crippen molar-refractivity contribution in [2.45, 2.75) is 59.5 Å². The van der Waals surface area contributed by atoms with Crippen LogP contribution in [-0.2, 0) is 4.79 Å². The van der Waals surface area contributed by atoms with Crippen LogP contribution in [0.2, 0.25) is 0 Å². The lowest BCUT2D eigenvalue weighted by Gasteiger charge is -2.11. The normalized spacial score (nSPS) is 14.9. The smallest absolute Gasteiger partial charge is 0.247 e. The van der Waals surface area contributed by atoms with E-state index in [4.69, 9.17) is 5.11 Å². The average molecular weight is 309 g/mol. The molecule has 0 heterocycles. The minimum Gasteiger partial charge on any atom is -0.394 e. The van der Waals surface area contributed by atoms with Crippen LogP contribution in [0.5, 0.6) is 0 Å². The van der Waals surface area contributed by atoms with Gasteiger partial charge in [0.05, 0.1) is 12.7 Å². The summed E-state index contributed by atoms with van der Waals surface area (Å²) in [5.41, 5.74) is 2.59. The van der Waals surface area contributed by atoms with Gasteiger partial charge in [-0.15, -0.1) is 0 Å². The van der Waals surface area contributed by atoms with Gasteiger partial charge in [-0.05, 0) is 44.8 Å². The fourth-order valence-corrected chi connectivity index (χ4v) is 1.82. The largest absolute Gasteiger partial charge is 0.394 e. The molecule has 0 aliphatic carbocycles. The maximum absolute atomic E-state index is 12.0. The molecule has 0 fully saturated rings. The Kier molecular flexibility index (Phi) is 11.4. The molecule has 1 unspecified atom stereocenters. The van der Waals surface area contributed by atoms with E-state index in [0.29, 0.717) is 5.57 Å². The van der Waals surface area contributed by atoms with Crippen LogP contribution < -0.4 is 5.32 Å². The van der Waals surface area contributed by atoms with Crippen LogP contribution in [0.1, 0.15) is 53.4 Å². The molecule has 126 valence electrons. The van der Waals surface area contributed by atoms with E-state index in [0.717, 1.165) is 17.6 Å². The molecule has 22 heavy (non-hydrogen) atoms. The molecular formula is C18H31NO3. The number of aliphatic hydroxyl groups is 2. The minimum absolute atomic E-state index is 0.0556. The molecule has 0 bridgehead atoms. The second-order valence-corrected chi connectivity index (χ2v) is 5.57. The lowest BCUT2D eigenvalue weighted by Crippen LogP contribution is -2.34. The number of rotatable bonds is 10. The summed E-state index contributed by atoms with van der Waals surface area (Å²) in [5.74, 6) is -0.218. The van der Waals surface area contributed by atoms with Gasteiger partial charge in [0.25, 0.3) is 0 Å². The number of allylic oxidation sites excluding steroid dienone is 5. The van der Waals surface area contributed by atoms with Crippen LogP contribution in [0, 0.1) is 0 Å². The first kappa shape index (κ1) is 20.6. The van der Waals surface area contributed by atoms with Gasteiger partial charge in [0.1, 0.15) is 0 Å². The molecule has 0 rings (SSSR count). The zero-order valence-corrected chi connectivity index (χ0v) is 14.4. The summed E-state index contributed by atoms with van der Waals surface area (Å²) < 4.78 is 0. The molecule has 0 aromatic rings. The predicted octanol–water partition coefficient (Wildman–Crippen LogP) is 2.88. The molecule has 0 radical (unpaired) electrons. The number of hydrogen-bond donors (Lipinski definition) is 3. The number of nitrogens with one attached hydrogen (secondary N) is 1. The third-order valence-corrected chi connectivity index (χ3v) is 3.66. The van der Waals surface area contributed by atoms with Crippen LogP contribution in [0.4, 0.5) is 0 Å². The molecule has 0 spiro atoms. The van der Waals surface area contributed by atoms with Gasteiger partial charge in [0.15, 0.2) is 0 Å². The zero-order valence-electron chi connectivity index (χ0n) is 14.4. The van der Waals surface area contributed by atoms with E-state index >= 15 is 0 Å². The van der Waals surface area contributed by atoms with Gasteiger partial charge in [0.2, 0.25) is 5.91 Å². The van der Waals surface area contributed by atoms with Crippen molar-refractivity contribution in [2.75, 3.05) is 13.2 Å². The van der Waals surface area contributed by atoms with Gasteiger partial charge in [-0.25, -0.2) is 0 Å². The van der Waals surface area contributed by atoms with Crippen LogP contribution in [-0.4, -0.2) is 35.4 Å². The summed E-state index contributed by atoms with van der Waals surface area (Å²) >= 11 is 0. The van der Waals surface area contributed by atoms with Crippen LogP contribution in [0.25, 0.3) is 0 Å². The number of carbonyl (C=O) groups excluding carboxylic acids is 1. The number of hydrogen-bond acceptors (Lipinski definition) is 3. The van der Waals surface area contributed by atoms with Crippen molar-refractivity contribution < 1.29 is 15.0 Å². The van der Waals surface area contributed by atoms with Crippen molar-refractivity contribution in [2.24, 2.45) is 0 Å². The number of unbranched alkanes of at least 4 members (excludes halogenated alkanes) is 3. The average Bonchev–Trinajstić information content (AvgIpc) is 2.53. The molecular weight excluding hydrogens is 278 g/mol. The highest BCUT2D eigenvalue weighted by Crippen LogP contribution is 2.14. The minimum atomic E-state index is -0.917. The van der Waals surface area contributed by atoms with E-state index in [9.17, 15) is 9.90 Å². The molecule has 0 aromatic heterocycles. The van der Waals surface area contributed by atoms with Gasteiger partial charge in [-0.3, -0.25) is 4.79 Å². The molecule has 0 aromatic carbocycles. The molecule has 4 heteroatoms. The Morgan fingerprint density at radius 2 is 1.86 bits per heavy atom. The highest BCUT2D eigenvalue weighted by molar-refractivity contribution is 5.94. The fraction of sp³-hybridized carbons (Fsp3) is 0.611. The summed E-state index contributed by atoms with van der Waals surface area (Å²) in [6.07, 6.45) is 10.1. The Bertz CT molecular complexity index is 422. The van der Waals surface area contributed by atoms with E-state index < -0.39 is 6.10 Å². The van der Waals surface area contributed by atoms with E-state index in [1.165, 1.54) is 19.3 Å². The summed E-state index contributed by atoms with van der Waals surface area (Å²) in [7, 11) is 0. The van der Waals surface area contributed by atoms with Crippen molar-refractivity contribution >= 4 is 5.91 Å². The molecule has 4 nitrogen and oxygen atoms in total. The number of amides is 1. The predicted molar refractivity (Wildman–Crippen MR) is 91.5 cm³/mol. The molecule has 3 N–H and O–H groups in total. The molecule has 0 aliphatic heterocycles. The Morgan fingerprint density at radius 1 is 1.18 bits per heavy atom.